The minimum Gasteiger partial charge on any atom is -0.481 e. The first-order valence-corrected chi connectivity index (χ1v) is 7.25. The van der Waals surface area contributed by atoms with E-state index >= 15 is 0 Å². The van der Waals surface area contributed by atoms with E-state index in [1.54, 1.807) is 12.4 Å². The summed E-state index contributed by atoms with van der Waals surface area (Å²) >= 11 is 0. The summed E-state index contributed by atoms with van der Waals surface area (Å²) < 4.78 is 0. The molecule has 1 aromatic rings. The number of aliphatic carboxylic acids is 1. The van der Waals surface area contributed by atoms with Gasteiger partial charge in [0.25, 0.3) is 0 Å². The molecule has 0 aliphatic heterocycles. The molecule has 0 unspecified atom stereocenters. The smallest absolute Gasteiger partial charge is 0.315 e. The Labute approximate surface area is 123 Å². The molecule has 0 bridgehead atoms. The van der Waals surface area contributed by atoms with Crippen LogP contribution >= 0.6 is 0 Å². The lowest BCUT2D eigenvalue weighted by molar-refractivity contribution is -0.151. The summed E-state index contributed by atoms with van der Waals surface area (Å²) in [6.07, 6.45) is 6.29. The van der Waals surface area contributed by atoms with E-state index in [-0.39, 0.29) is 19.1 Å². The predicted octanol–water partition coefficient (Wildman–Crippen LogP) is 1.49. The number of carboxylic acids is 1. The third-order valence-corrected chi connectivity index (χ3v) is 4.24. The van der Waals surface area contributed by atoms with Crippen LogP contribution in [0, 0.1) is 11.3 Å². The third-order valence-electron chi connectivity index (χ3n) is 4.24. The zero-order valence-electron chi connectivity index (χ0n) is 12.2. The molecule has 4 N–H and O–H groups in total. The summed E-state index contributed by atoms with van der Waals surface area (Å²) in [7, 11) is 0. The van der Waals surface area contributed by atoms with Gasteiger partial charge in [-0.05, 0) is 31.6 Å². The lowest BCUT2D eigenvalue weighted by Crippen LogP contribution is -2.47. The van der Waals surface area contributed by atoms with Crippen LogP contribution in [0.4, 0.5) is 4.79 Å². The molecule has 0 aromatic carbocycles. The van der Waals surface area contributed by atoms with E-state index in [2.05, 4.69) is 27.5 Å². The molecule has 116 valence electrons. The highest BCUT2D eigenvalue weighted by molar-refractivity contribution is 5.78. The molecule has 0 radical (unpaired) electrons. The van der Waals surface area contributed by atoms with Gasteiger partial charge in [-0.2, -0.15) is 0 Å². The fourth-order valence-electron chi connectivity index (χ4n) is 2.65. The fourth-order valence-corrected chi connectivity index (χ4v) is 2.65. The third kappa shape index (κ3) is 3.96. The molecule has 1 aliphatic carbocycles. The molecule has 0 atom stereocenters. The van der Waals surface area contributed by atoms with Crippen LogP contribution in [0.3, 0.4) is 0 Å². The Morgan fingerprint density at radius 3 is 2.71 bits per heavy atom. The van der Waals surface area contributed by atoms with Gasteiger partial charge in [0.2, 0.25) is 0 Å². The van der Waals surface area contributed by atoms with Gasteiger partial charge in [0.1, 0.15) is 5.82 Å². The van der Waals surface area contributed by atoms with Crippen molar-refractivity contribution in [3.05, 3.63) is 18.2 Å². The van der Waals surface area contributed by atoms with Gasteiger partial charge in [-0.25, -0.2) is 9.78 Å². The number of hydrogen-bond donors (Lipinski definition) is 4. The van der Waals surface area contributed by atoms with Gasteiger partial charge in [0.15, 0.2) is 0 Å². The van der Waals surface area contributed by atoms with Gasteiger partial charge in [0.05, 0.1) is 12.0 Å². The second-order valence-corrected chi connectivity index (χ2v) is 5.84. The maximum Gasteiger partial charge on any atom is 0.315 e. The van der Waals surface area contributed by atoms with E-state index in [1.165, 1.54) is 0 Å². The lowest BCUT2D eigenvalue weighted by atomic mass is 9.71. The Bertz CT molecular complexity index is 478. The normalized spacial score (nSPS) is 25.3. The number of rotatable bonds is 5. The van der Waals surface area contributed by atoms with Crippen molar-refractivity contribution in [2.75, 3.05) is 6.54 Å². The van der Waals surface area contributed by atoms with E-state index in [1.807, 2.05) is 0 Å². The summed E-state index contributed by atoms with van der Waals surface area (Å²) in [4.78, 5) is 30.2. The zero-order valence-corrected chi connectivity index (χ0v) is 12.2. The van der Waals surface area contributed by atoms with Crippen molar-refractivity contribution in [3.63, 3.8) is 0 Å². The number of aromatic nitrogens is 2. The molecule has 2 amide bonds. The van der Waals surface area contributed by atoms with Crippen LogP contribution in [0.15, 0.2) is 12.4 Å². The van der Waals surface area contributed by atoms with Crippen molar-refractivity contribution in [1.29, 1.82) is 0 Å². The highest BCUT2D eigenvalue weighted by Gasteiger charge is 2.41. The minimum atomic E-state index is -0.825. The monoisotopic (exact) mass is 294 g/mol. The molecule has 7 heteroatoms. The van der Waals surface area contributed by atoms with Crippen molar-refractivity contribution in [1.82, 2.24) is 20.6 Å². The van der Waals surface area contributed by atoms with Gasteiger partial charge in [-0.1, -0.05) is 6.92 Å². The molecule has 0 spiro atoms. The summed E-state index contributed by atoms with van der Waals surface area (Å²) in [6.45, 7) is 2.59. The maximum absolute atomic E-state index is 11.8. The Hall–Kier alpha value is -2.05. The van der Waals surface area contributed by atoms with Crippen LogP contribution in [0.2, 0.25) is 0 Å². The van der Waals surface area contributed by atoms with Gasteiger partial charge in [0, 0.05) is 18.9 Å². The molecule has 1 heterocycles. The van der Waals surface area contributed by atoms with E-state index in [0.29, 0.717) is 24.6 Å². The number of hydrogen-bond acceptors (Lipinski definition) is 3. The van der Waals surface area contributed by atoms with Crippen LogP contribution in [0.5, 0.6) is 0 Å². The van der Waals surface area contributed by atoms with Crippen LogP contribution in [-0.2, 0) is 11.3 Å². The number of nitrogens with one attached hydrogen (secondary N) is 3. The minimum absolute atomic E-state index is 0.166. The maximum atomic E-state index is 11.8. The Morgan fingerprint density at radius 1 is 1.43 bits per heavy atom. The number of amides is 2. The van der Waals surface area contributed by atoms with Crippen LogP contribution in [0.1, 0.15) is 38.4 Å². The highest BCUT2D eigenvalue weighted by atomic mass is 16.4. The Balaban J connectivity index is 1.81. The zero-order chi connectivity index (χ0) is 15.3. The first-order chi connectivity index (χ1) is 10.0. The predicted molar refractivity (Wildman–Crippen MR) is 76.5 cm³/mol. The number of carboxylic acid groups (broad SMARTS) is 1. The second kappa shape index (κ2) is 6.60. The molecular weight excluding hydrogens is 272 g/mol. The van der Waals surface area contributed by atoms with Crippen molar-refractivity contribution < 1.29 is 14.7 Å². The highest BCUT2D eigenvalue weighted by Crippen LogP contribution is 2.38. The first kappa shape index (κ1) is 15.3. The van der Waals surface area contributed by atoms with E-state index in [4.69, 9.17) is 0 Å². The number of carbonyl (C=O) groups excluding carboxylic acids is 1. The van der Waals surface area contributed by atoms with Gasteiger partial charge in [-0.3, -0.25) is 4.79 Å². The van der Waals surface area contributed by atoms with Crippen molar-refractivity contribution in [3.8, 4) is 0 Å². The number of urea groups is 1. The van der Waals surface area contributed by atoms with Crippen LogP contribution in [0.25, 0.3) is 0 Å². The summed E-state index contributed by atoms with van der Waals surface area (Å²) in [6, 6.07) is -0.370. The van der Waals surface area contributed by atoms with E-state index in [0.717, 1.165) is 12.8 Å². The van der Waals surface area contributed by atoms with Crippen molar-refractivity contribution >= 4 is 12.0 Å². The number of nitrogens with zero attached hydrogens (tertiary/aromatic N) is 1. The van der Waals surface area contributed by atoms with Crippen molar-refractivity contribution in [2.24, 2.45) is 11.3 Å². The van der Waals surface area contributed by atoms with Gasteiger partial charge >= 0.3 is 12.0 Å². The van der Waals surface area contributed by atoms with Crippen LogP contribution in [-0.4, -0.2) is 33.6 Å². The molecule has 1 fully saturated rings. The van der Waals surface area contributed by atoms with E-state index in [9.17, 15) is 14.7 Å². The lowest BCUT2D eigenvalue weighted by Gasteiger charge is -2.35. The Morgan fingerprint density at radius 2 is 2.14 bits per heavy atom. The molecule has 21 heavy (non-hydrogen) atoms. The summed E-state index contributed by atoms with van der Waals surface area (Å²) in [5.74, 6) is 0.399. The molecule has 2 rings (SSSR count). The van der Waals surface area contributed by atoms with Gasteiger partial charge in [-0.15, -0.1) is 0 Å². The number of aromatic amines is 1. The number of carbonyl (C=O) groups is 2. The van der Waals surface area contributed by atoms with Crippen molar-refractivity contribution in [2.45, 2.75) is 39.2 Å². The largest absolute Gasteiger partial charge is 0.481 e. The second-order valence-electron chi connectivity index (χ2n) is 5.84. The average molecular weight is 294 g/mol. The fraction of sp³-hybridized carbons (Fsp3) is 0.643. The van der Waals surface area contributed by atoms with Gasteiger partial charge < -0.3 is 20.7 Å². The standard InChI is InChI=1S/C14H22N4O3/c1-10-2-4-14(5-3-10,12(19)20)9-18-13(21)17-8-11-15-6-7-16-11/h6-7,10H,2-5,8-9H2,1H3,(H,15,16)(H,19,20)(H2,17,18,21). The molecule has 1 aliphatic rings. The number of H-pyrrole nitrogens is 1. The summed E-state index contributed by atoms with van der Waals surface area (Å²) in [5.41, 5.74) is -0.825. The molecular formula is C14H22N4O3. The SMILES string of the molecule is CC1CCC(CNC(=O)NCc2ncc[nH]2)(C(=O)O)CC1. The topological polar surface area (TPSA) is 107 Å². The summed E-state index contributed by atoms with van der Waals surface area (Å²) in [5, 5.41) is 14.8. The average Bonchev–Trinajstić information content (AvgIpc) is 2.98. The molecule has 1 saturated carbocycles. The number of imidazole rings is 1. The molecule has 0 saturated heterocycles. The van der Waals surface area contributed by atoms with E-state index < -0.39 is 11.4 Å². The Kier molecular flexibility index (Phi) is 4.82. The molecule has 7 nitrogen and oxygen atoms in total. The first-order valence-electron chi connectivity index (χ1n) is 7.25. The quantitative estimate of drug-likeness (QED) is 0.660. The molecule has 1 aromatic heterocycles. The van der Waals surface area contributed by atoms with Crippen LogP contribution < -0.4 is 10.6 Å².